The summed E-state index contributed by atoms with van der Waals surface area (Å²) >= 11 is 0. The van der Waals surface area contributed by atoms with Gasteiger partial charge in [0.1, 0.15) is 0 Å². The minimum absolute atomic E-state index is 0.00292. The minimum Gasteiger partial charge on any atom is -0.396 e. The van der Waals surface area contributed by atoms with E-state index in [9.17, 15) is 13.2 Å². The summed E-state index contributed by atoms with van der Waals surface area (Å²) in [6.07, 6.45) is -3.94. The third-order valence-electron chi connectivity index (χ3n) is 3.23. The van der Waals surface area contributed by atoms with E-state index in [-0.39, 0.29) is 26.1 Å². The molecular weight excluding hydrogens is 185 g/mol. The molecule has 1 heterocycles. The van der Waals surface area contributed by atoms with Gasteiger partial charge in [-0.15, -0.1) is 0 Å². The van der Waals surface area contributed by atoms with Crippen molar-refractivity contribution >= 4 is 0 Å². The van der Waals surface area contributed by atoms with Crippen LogP contribution in [-0.2, 0) is 4.74 Å². The lowest BCUT2D eigenvalue weighted by molar-refractivity contribution is -0.265. The number of aliphatic hydroxyl groups is 1. The number of hydrogen-bond acceptors (Lipinski definition) is 2. The molecule has 76 valence electrons. The molecule has 13 heavy (non-hydrogen) atoms. The van der Waals surface area contributed by atoms with E-state index in [1.807, 2.05) is 0 Å². The highest BCUT2D eigenvalue weighted by atomic mass is 19.4. The second-order valence-corrected chi connectivity index (χ2v) is 4.12. The van der Waals surface area contributed by atoms with Gasteiger partial charge in [-0.2, -0.15) is 13.2 Å². The number of rotatable bonds is 1. The molecule has 0 aromatic heterocycles. The Hall–Kier alpha value is -0.290. The fraction of sp³-hybridized carbons (Fsp3) is 1.00. The number of alkyl halides is 3. The molecule has 0 radical (unpaired) electrons. The number of ether oxygens (including phenoxy) is 1. The zero-order valence-corrected chi connectivity index (χ0v) is 7.02. The molecule has 2 fully saturated rings. The fourth-order valence-corrected chi connectivity index (χ4v) is 2.29. The maximum Gasteiger partial charge on any atom is 0.417 e. The zero-order valence-electron chi connectivity index (χ0n) is 7.02. The summed E-state index contributed by atoms with van der Waals surface area (Å²) in [5.74, 6) is 0. The number of aliphatic hydroxyl groups excluding tert-OH is 1. The molecule has 1 saturated carbocycles. The summed E-state index contributed by atoms with van der Waals surface area (Å²) in [6, 6.07) is 0. The van der Waals surface area contributed by atoms with E-state index in [0.29, 0.717) is 6.42 Å². The van der Waals surface area contributed by atoms with Crippen molar-refractivity contribution in [1.29, 1.82) is 0 Å². The lowest BCUT2D eigenvalue weighted by Crippen LogP contribution is -2.43. The van der Waals surface area contributed by atoms with E-state index < -0.39 is 17.2 Å². The van der Waals surface area contributed by atoms with Crippen LogP contribution in [0.1, 0.15) is 19.3 Å². The van der Waals surface area contributed by atoms with Gasteiger partial charge in [-0.1, -0.05) is 0 Å². The summed E-state index contributed by atoms with van der Waals surface area (Å²) in [5.41, 5.74) is -2.56. The van der Waals surface area contributed by atoms with Gasteiger partial charge in [0.25, 0.3) is 0 Å². The molecule has 0 aromatic carbocycles. The minimum atomic E-state index is -4.29. The molecule has 1 aliphatic carbocycles. The Kier molecular flexibility index (Phi) is 1.70. The molecule has 1 aliphatic heterocycles. The molecule has 2 rings (SSSR count). The van der Waals surface area contributed by atoms with Crippen molar-refractivity contribution in [2.75, 3.05) is 13.2 Å². The summed E-state index contributed by atoms with van der Waals surface area (Å²) in [5, 5.41) is 8.98. The third kappa shape index (κ3) is 1.10. The SMILES string of the molecule is OCC12CCC(C(F)(F)F)(C1)OC2. The summed E-state index contributed by atoms with van der Waals surface area (Å²) < 4.78 is 42.4. The van der Waals surface area contributed by atoms with E-state index in [2.05, 4.69) is 0 Å². The van der Waals surface area contributed by atoms with Gasteiger partial charge in [0.05, 0.1) is 13.2 Å². The lowest BCUT2D eigenvalue weighted by Gasteiger charge is -2.29. The molecule has 5 heteroatoms. The highest BCUT2D eigenvalue weighted by Gasteiger charge is 2.67. The first kappa shape index (κ1) is 9.27. The van der Waals surface area contributed by atoms with Crippen molar-refractivity contribution in [2.45, 2.75) is 31.0 Å². The van der Waals surface area contributed by atoms with E-state index in [1.54, 1.807) is 0 Å². The topological polar surface area (TPSA) is 29.5 Å². The van der Waals surface area contributed by atoms with Crippen LogP contribution in [0.25, 0.3) is 0 Å². The third-order valence-corrected chi connectivity index (χ3v) is 3.23. The molecule has 2 aliphatic rings. The van der Waals surface area contributed by atoms with Crippen molar-refractivity contribution in [1.82, 2.24) is 0 Å². The molecule has 2 unspecified atom stereocenters. The fourth-order valence-electron chi connectivity index (χ4n) is 2.29. The van der Waals surface area contributed by atoms with Crippen molar-refractivity contribution in [3.8, 4) is 0 Å². The van der Waals surface area contributed by atoms with Crippen molar-refractivity contribution < 1.29 is 23.0 Å². The van der Waals surface area contributed by atoms with Gasteiger partial charge >= 0.3 is 6.18 Å². The standard InChI is InChI=1S/C8H11F3O2/c9-8(10,11)7-2-1-6(3-7,4-12)5-13-7/h12H,1-5H2. The monoisotopic (exact) mass is 196 g/mol. The Morgan fingerprint density at radius 3 is 2.23 bits per heavy atom. The average molecular weight is 196 g/mol. The number of hydrogen-bond donors (Lipinski definition) is 1. The van der Waals surface area contributed by atoms with Gasteiger partial charge in [0.2, 0.25) is 0 Å². The molecule has 2 atom stereocenters. The zero-order chi connectivity index (χ0) is 9.74. The molecule has 0 aromatic rings. The normalized spacial score (nSPS) is 44.3. The van der Waals surface area contributed by atoms with Gasteiger partial charge in [-0.3, -0.25) is 0 Å². The first-order chi connectivity index (χ1) is 5.93. The van der Waals surface area contributed by atoms with Crippen LogP contribution in [0.4, 0.5) is 13.2 Å². The summed E-state index contributed by atoms with van der Waals surface area (Å²) in [7, 11) is 0. The number of fused-ring (bicyclic) bond motifs is 2. The Balaban J connectivity index is 2.23. The van der Waals surface area contributed by atoms with Crippen LogP contribution in [-0.4, -0.2) is 30.1 Å². The van der Waals surface area contributed by atoms with Crippen LogP contribution in [0, 0.1) is 5.41 Å². The number of halogens is 3. The first-order valence-corrected chi connectivity index (χ1v) is 4.25. The highest BCUT2D eigenvalue weighted by molar-refractivity contribution is 5.08. The first-order valence-electron chi connectivity index (χ1n) is 4.25. The highest BCUT2D eigenvalue weighted by Crippen LogP contribution is 2.58. The van der Waals surface area contributed by atoms with Gasteiger partial charge in [-0.25, -0.2) is 0 Å². The second-order valence-electron chi connectivity index (χ2n) is 4.12. The van der Waals surface area contributed by atoms with Crippen LogP contribution in [0.3, 0.4) is 0 Å². The molecule has 2 nitrogen and oxygen atoms in total. The van der Waals surface area contributed by atoms with E-state index in [0.717, 1.165) is 0 Å². The van der Waals surface area contributed by atoms with Crippen molar-refractivity contribution in [2.24, 2.45) is 5.41 Å². The smallest absolute Gasteiger partial charge is 0.396 e. The quantitative estimate of drug-likeness (QED) is 0.688. The van der Waals surface area contributed by atoms with Gasteiger partial charge in [0, 0.05) is 5.41 Å². The molecule has 0 amide bonds. The van der Waals surface area contributed by atoms with E-state index >= 15 is 0 Å². The molecular formula is C8H11F3O2. The van der Waals surface area contributed by atoms with Crippen LogP contribution in [0.5, 0.6) is 0 Å². The second kappa shape index (κ2) is 2.39. The Labute approximate surface area is 73.7 Å². The maximum absolute atomic E-state index is 12.5. The van der Waals surface area contributed by atoms with Crippen LogP contribution >= 0.6 is 0 Å². The Morgan fingerprint density at radius 2 is 2.00 bits per heavy atom. The van der Waals surface area contributed by atoms with Gasteiger partial charge < -0.3 is 9.84 Å². The van der Waals surface area contributed by atoms with Gasteiger partial charge in [-0.05, 0) is 19.3 Å². The van der Waals surface area contributed by atoms with Crippen LogP contribution in [0.2, 0.25) is 0 Å². The Bertz CT molecular complexity index is 216. The largest absolute Gasteiger partial charge is 0.417 e. The van der Waals surface area contributed by atoms with Crippen LogP contribution < -0.4 is 0 Å². The van der Waals surface area contributed by atoms with Crippen molar-refractivity contribution in [3.63, 3.8) is 0 Å². The summed E-state index contributed by atoms with van der Waals surface area (Å²) in [4.78, 5) is 0. The maximum atomic E-state index is 12.5. The van der Waals surface area contributed by atoms with E-state index in [4.69, 9.17) is 9.84 Å². The summed E-state index contributed by atoms with van der Waals surface area (Å²) in [6.45, 7) is -0.159. The average Bonchev–Trinajstić information content (AvgIpc) is 2.60. The predicted molar refractivity (Wildman–Crippen MR) is 38.1 cm³/mol. The Morgan fingerprint density at radius 1 is 1.31 bits per heavy atom. The van der Waals surface area contributed by atoms with Crippen molar-refractivity contribution in [3.05, 3.63) is 0 Å². The molecule has 1 saturated heterocycles. The van der Waals surface area contributed by atoms with E-state index in [1.165, 1.54) is 0 Å². The molecule has 0 spiro atoms. The molecule has 1 N–H and O–H groups in total. The molecule has 2 bridgehead atoms. The lowest BCUT2D eigenvalue weighted by atomic mass is 9.89. The van der Waals surface area contributed by atoms with Gasteiger partial charge in [0.15, 0.2) is 5.60 Å². The predicted octanol–water partition coefficient (Wildman–Crippen LogP) is 1.48. The van der Waals surface area contributed by atoms with Crippen LogP contribution in [0.15, 0.2) is 0 Å².